The number of amides is 1. The second-order valence-electron chi connectivity index (χ2n) is 6.99. The van der Waals surface area contributed by atoms with Gasteiger partial charge in [-0.25, -0.2) is 0 Å². The molecule has 2 atom stereocenters. The van der Waals surface area contributed by atoms with Crippen LogP contribution in [0.3, 0.4) is 0 Å². The topological polar surface area (TPSA) is 58.4 Å². The number of nitrogens with two attached hydrogens (primary N) is 1. The largest absolute Gasteiger partial charge is 0.352 e. The molecular weight excluding hydrogens is 226 g/mol. The minimum Gasteiger partial charge on any atom is -0.352 e. The molecule has 0 aromatic heterocycles. The SMILES string of the molecule is CC(C)(C)C(N)CC(=O)NC1CN2CCC1CC2. The van der Waals surface area contributed by atoms with Gasteiger partial charge in [-0.05, 0) is 37.3 Å². The molecule has 3 N–H and O–H groups in total. The van der Waals surface area contributed by atoms with Gasteiger partial charge in [0.05, 0.1) is 0 Å². The zero-order chi connectivity index (χ0) is 13.3. The summed E-state index contributed by atoms with van der Waals surface area (Å²) >= 11 is 0. The lowest BCUT2D eigenvalue weighted by Crippen LogP contribution is -2.57. The molecule has 0 spiro atoms. The highest BCUT2D eigenvalue weighted by Gasteiger charge is 2.35. The zero-order valence-electron chi connectivity index (χ0n) is 11.9. The third-order valence-electron chi connectivity index (χ3n) is 4.52. The third-order valence-corrected chi connectivity index (χ3v) is 4.52. The van der Waals surface area contributed by atoms with Crippen molar-refractivity contribution >= 4 is 5.91 Å². The minimum atomic E-state index is -0.0708. The van der Waals surface area contributed by atoms with Crippen LogP contribution >= 0.6 is 0 Å². The van der Waals surface area contributed by atoms with Crippen LogP contribution in [0.4, 0.5) is 0 Å². The number of carbonyl (C=O) groups is 1. The van der Waals surface area contributed by atoms with E-state index in [0.29, 0.717) is 18.4 Å². The van der Waals surface area contributed by atoms with E-state index in [4.69, 9.17) is 5.73 Å². The molecular formula is C14H27N3O. The fourth-order valence-corrected chi connectivity index (χ4v) is 2.90. The Balaban J connectivity index is 1.81. The molecule has 4 nitrogen and oxygen atoms in total. The Bertz CT molecular complexity index is 303. The molecule has 0 saturated carbocycles. The molecule has 0 radical (unpaired) electrons. The second kappa shape index (κ2) is 5.17. The standard InChI is InChI=1S/C14H27N3O/c1-14(2,3)12(15)8-13(18)16-11-9-17-6-4-10(11)5-7-17/h10-12H,4-9,15H2,1-3H3,(H,16,18). The average Bonchev–Trinajstić information content (AvgIpc) is 2.29. The molecule has 3 fully saturated rings. The van der Waals surface area contributed by atoms with Gasteiger partial charge in [-0.1, -0.05) is 20.8 Å². The van der Waals surface area contributed by atoms with Gasteiger partial charge in [0.1, 0.15) is 0 Å². The van der Waals surface area contributed by atoms with Crippen LogP contribution in [0, 0.1) is 11.3 Å². The molecule has 0 aromatic rings. The summed E-state index contributed by atoms with van der Waals surface area (Å²) in [5.74, 6) is 0.806. The molecule has 1 amide bonds. The molecule has 4 heteroatoms. The molecule has 2 bridgehead atoms. The number of rotatable bonds is 3. The first-order valence-corrected chi connectivity index (χ1v) is 7.13. The van der Waals surface area contributed by atoms with Crippen molar-refractivity contribution in [3.8, 4) is 0 Å². The first-order chi connectivity index (χ1) is 8.36. The lowest BCUT2D eigenvalue weighted by Gasteiger charge is -2.45. The monoisotopic (exact) mass is 253 g/mol. The van der Waals surface area contributed by atoms with E-state index in [9.17, 15) is 4.79 Å². The van der Waals surface area contributed by atoms with E-state index in [2.05, 4.69) is 31.0 Å². The number of fused-ring (bicyclic) bond motifs is 3. The van der Waals surface area contributed by atoms with Gasteiger partial charge < -0.3 is 16.0 Å². The van der Waals surface area contributed by atoms with Crippen molar-refractivity contribution in [1.29, 1.82) is 0 Å². The Morgan fingerprint density at radius 3 is 2.44 bits per heavy atom. The van der Waals surface area contributed by atoms with Crippen LogP contribution in [0.2, 0.25) is 0 Å². The molecule has 3 aliphatic heterocycles. The van der Waals surface area contributed by atoms with E-state index in [-0.39, 0.29) is 17.4 Å². The molecule has 3 aliphatic rings. The first-order valence-electron chi connectivity index (χ1n) is 7.13. The van der Waals surface area contributed by atoms with Gasteiger partial charge in [-0.2, -0.15) is 0 Å². The van der Waals surface area contributed by atoms with Crippen LogP contribution in [0.1, 0.15) is 40.0 Å². The van der Waals surface area contributed by atoms with Crippen LogP contribution in [0.5, 0.6) is 0 Å². The van der Waals surface area contributed by atoms with Crippen molar-refractivity contribution in [3.05, 3.63) is 0 Å². The summed E-state index contributed by atoms with van der Waals surface area (Å²) in [4.78, 5) is 14.5. The number of nitrogens with zero attached hydrogens (tertiary/aromatic N) is 1. The fourth-order valence-electron chi connectivity index (χ4n) is 2.90. The second-order valence-corrected chi connectivity index (χ2v) is 6.99. The highest BCUT2D eigenvalue weighted by Crippen LogP contribution is 2.27. The van der Waals surface area contributed by atoms with Gasteiger partial charge in [0.15, 0.2) is 0 Å². The molecule has 3 heterocycles. The predicted octanol–water partition coefficient (Wildman–Crippen LogP) is 0.960. The predicted molar refractivity (Wildman–Crippen MR) is 73.1 cm³/mol. The summed E-state index contributed by atoms with van der Waals surface area (Å²) in [6.45, 7) is 9.69. The molecule has 0 aromatic carbocycles. The number of nitrogens with one attached hydrogen (secondary N) is 1. The highest BCUT2D eigenvalue weighted by atomic mass is 16.1. The van der Waals surface area contributed by atoms with E-state index < -0.39 is 0 Å². The summed E-state index contributed by atoms with van der Waals surface area (Å²) in [6.07, 6.45) is 2.90. The van der Waals surface area contributed by atoms with Crippen molar-refractivity contribution in [1.82, 2.24) is 10.2 Å². The summed E-state index contributed by atoms with van der Waals surface area (Å²) in [7, 11) is 0. The average molecular weight is 253 g/mol. The highest BCUT2D eigenvalue weighted by molar-refractivity contribution is 5.77. The maximum atomic E-state index is 12.0. The summed E-state index contributed by atoms with van der Waals surface area (Å²) in [6, 6.07) is 0.283. The van der Waals surface area contributed by atoms with Crippen molar-refractivity contribution in [2.45, 2.75) is 52.1 Å². The lowest BCUT2D eigenvalue weighted by atomic mass is 9.83. The van der Waals surface area contributed by atoms with Crippen molar-refractivity contribution < 1.29 is 4.79 Å². The van der Waals surface area contributed by atoms with E-state index in [1.807, 2.05) is 0 Å². The normalized spacial score (nSPS) is 33.2. The molecule has 2 unspecified atom stereocenters. The van der Waals surface area contributed by atoms with Crippen molar-refractivity contribution in [3.63, 3.8) is 0 Å². The van der Waals surface area contributed by atoms with E-state index in [1.54, 1.807) is 0 Å². The van der Waals surface area contributed by atoms with Gasteiger partial charge >= 0.3 is 0 Å². The molecule has 3 rings (SSSR count). The zero-order valence-corrected chi connectivity index (χ0v) is 11.9. The Morgan fingerprint density at radius 1 is 1.39 bits per heavy atom. The third kappa shape index (κ3) is 3.23. The number of hydrogen-bond donors (Lipinski definition) is 2. The number of piperidine rings is 3. The van der Waals surface area contributed by atoms with E-state index >= 15 is 0 Å². The fraction of sp³-hybridized carbons (Fsp3) is 0.929. The number of hydrogen-bond acceptors (Lipinski definition) is 3. The summed E-state index contributed by atoms with van der Waals surface area (Å²) < 4.78 is 0. The lowest BCUT2D eigenvalue weighted by molar-refractivity contribution is -0.124. The van der Waals surface area contributed by atoms with Crippen molar-refractivity contribution in [2.75, 3.05) is 19.6 Å². The minimum absolute atomic E-state index is 0.00753. The van der Waals surface area contributed by atoms with Gasteiger partial charge in [0.25, 0.3) is 0 Å². The van der Waals surface area contributed by atoms with Crippen LogP contribution < -0.4 is 11.1 Å². The Hall–Kier alpha value is -0.610. The quantitative estimate of drug-likeness (QED) is 0.787. The number of carbonyl (C=O) groups excluding carboxylic acids is 1. The molecule has 104 valence electrons. The van der Waals surface area contributed by atoms with Gasteiger partial charge in [-0.15, -0.1) is 0 Å². The van der Waals surface area contributed by atoms with E-state index in [0.717, 1.165) is 6.54 Å². The summed E-state index contributed by atoms with van der Waals surface area (Å²) in [5, 5.41) is 3.19. The molecule has 3 saturated heterocycles. The van der Waals surface area contributed by atoms with Crippen LogP contribution in [0.15, 0.2) is 0 Å². The Kier molecular flexibility index (Phi) is 3.97. The maximum Gasteiger partial charge on any atom is 0.221 e. The Morgan fingerprint density at radius 2 is 2.00 bits per heavy atom. The van der Waals surface area contributed by atoms with Gasteiger partial charge in [0.2, 0.25) is 5.91 Å². The smallest absolute Gasteiger partial charge is 0.221 e. The summed E-state index contributed by atoms with van der Waals surface area (Å²) in [5.41, 5.74) is 6.05. The Labute approximate surface area is 110 Å². The van der Waals surface area contributed by atoms with Crippen LogP contribution in [-0.2, 0) is 4.79 Å². The van der Waals surface area contributed by atoms with E-state index in [1.165, 1.54) is 25.9 Å². The first kappa shape index (κ1) is 13.8. The molecule has 18 heavy (non-hydrogen) atoms. The van der Waals surface area contributed by atoms with Crippen molar-refractivity contribution in [2.24, 2.45) is 17.1 Å². The van der Waals surface area contributed by atoms with Crippen LogP contribution in [-0.4, -0.2) is 42.5 Å². The molecule has 0 aliphatic carbocycles. The van der Waals surface area contributed by atoms with Gasteiger partial charge in [0, 0.05) is 25.0 Å². The maximum absolute atomic E-state index is 12.0. The van der Waals surface area contributed by atoms with Gasteiger partial charge in [-0.3, -0.25) is 4.79 Å². The van der Waals surface area contributed by atoms with Crippen LogP contribution in [0.25, 0.3) is 0 Å².